The molecular weight excluding hydrogens is 486 g/mol. The number of hydrogen-bond donors (Lipinski definition) is 5. The van der Waals surface area contributed by atoms with Crippen LogP contribution in [0.4, 0.5) is 0 Å². The number of amides is 1. The zero-order chi connectivity index (χ0) is 26.6. The molecule has 1 aliphatic rings. The Morgan fingerprint density at radius 3 is 2.35 bits per heavy atom. The maximum absolute atomic E-state index is 12.7. The van der Waals surface area contributed by atoms with Crippen molar-refractivity contribution in [3.63, 3.8) is 0 Å². The maximum Gasteiger partial charge on any atom is 0.223 e. The molecule has 0 fully saturated rings. The summed E-state index contributed by atoms with van der Waals surface area (Å²) in [5.41, 5.74) is 5.76. The average Bonchev–Trinajstić information content (AvgIpc) is 3.27. The molecule has 198 valence electrons. The van der Waals surface area contributed by atoms with Gasteiger partial charge >= 0.3 is 0 Å². The van der Waals surface area contributed by atoms with Crippen molar-refractivity contribution in [2.24, 2.45) is 5.92 Å². The van der Waals surface area contributed by atoms with Gasteiger partial charge in [0, 0.05) is 17.4 Å². The SMILES string of the molecule is COc1ccc(SNCC(O)CC(C)C(=O)NC2c3ccccc3CC2NO)cc1.Cc1ccccc1. The summed E-state index contributed by atoms with van der Waals surface area (Å²) >= 11 is 1.42. The summed E-state index contributed by atoms with van der Waals surface area (Å²) in [6.45, 7) is 4.25. The smallest absolute Gasteiger partial charge is 0.223 e. The molecule has 0 heterocycles. The second-order valence-corrected chi connectivity index (χ2v) is 10.2. The fourth-order valence-electron chi connectivity index (χ4n) is 4.19. The summed E-state index contributed by atoms with van der Waals surface area (Å²) < 4.78 is 8.27. The number of ether oxygens (including phenoxy) is 1. The molecule has 4 rings (SSSR count). The van der Waals surface area contributed by atoms with Crippen molar-refractivity contribution >= 4 is 17.9 Å². The molecule has 8 heteroatoms. The van der Waals surface area contributed by atoms with Crippen LogP contribution in [0.5, 0.6) is 5.75 Å². The third-order valence-corrected chi connectivity index (χ3v) is 7.10. The van der Waals surface area contributed by atoms with Crippen LogP contribution in [-0.2, 0) is 11.2 Å². The number of aliphatic hydroxyl groups is 1. The topological polar surface area (TPSA) is 103 Å². The molecule has 0 saturated carbocycles. The van der Waals surface area contributed by atoms with E-state index in [4.69, 9.17) is 4.74 Å². The van der Waals surface area contributed by atoms with Crippen LogP contribution in [-0.4, -0.2) is 42.0 Å². The van der Waals surface area contributed by atoms with E-state index in [1.165, 1.54) is 17.5 Å². The van der Waals surface area contributed by atoms with Crippen molar-refractivity contribution in [2.45, 2.75) is 49.8 Å². The quantitative estimate of drug-likeness (QED) is 0.198. The van der Waals surface area contributed by atoms with Crippen LogP contribution >= 0.6 is 11.9 Å². The van der Waals surface area contributed by atoms with E-state index in [1.807, 2.05) is 66.7 Å². The summed E-state index contributed by atoms with van der Waals surface area (Å²) in [6, 6.07) is 25.2. The molecule has 4 atom stereocenters. The van der Waals surface area contributed by atoms with Gasteiger partial charge in [0.15, 0.2) is 0 Å². The van der Waals surface area contributed by atoms with Crippen molar-refractivity contribution in [1.29, 1.82) is 0 Å². The second-order valence-electron chi connectivity index (χ2n) is 9.20. The zero-order valence-corrected chi connectivity index (χ0v) is 22.4. The van der Waals surface area contributed by atoms with E-state index in [0.717, 1.165) is 21.8 Å². The molecule has 0 saturated heterocycles. The van der Waals surface area contributed by atoms with Gasteiger partial charge in [0.2, 0.25) is 5.91 Å². The van der Waals surface area contributed by atoms with Crippen LogP contribution in [0.25, 0.3) is 0 Å². The summed E-state index contributed by atoms with van der Waals surface area (Å²) in [5, 5.41) is 22.8. The van der Waals surface area contributed by atoms with Crippen LogP contribution in [0.15, 0.2) is 83.8 Å². The fourth-order valence-corrected chi connectivity index (χ4v) is 4.90. The molecule has 0 spiro atoms. The number of carbonyl (C=O) groups is 1. The predicted octanol–water partition coefficient (Wildman–Crippen LogP) is 4.44. The van der Waals surface area contributed by atoms with Gasteiger partial charge in [0.25, 0.3) is 0 Å². The highest BCUT2D eigenvalue weighted by Gasteiger charge is 2.34. The van der Waals surface area contributed by atoms with E-state index in [0.29, 0.717) is 19.4 Å². The number of rotatable bonds is 10. The highest BCUT2D eigenvalue weighted by atomic mass is 32.2. The maximum atomic E-state index is 12.7. The highest BCUT2D eigenvalue weighted by Crippen LogP contribution is 2.31. The first-order valence-electron chi connectivity index (χ1n) is 12.4. The van der Waals surface area contributed by atoms with E-state index in [1.54, 1.807) is 14.0 Å². The van der Waals surface area contributed by atoms with Crippen LogP contribution in [0.3, 0.4) is 0 Å². The van der Waals surface area contributed by atoms with Crippen LogP contribution in [0, 0.1) is 12.8 Å². The molecule has 0 aromatic heterocycles. The van der Waals surface area contributed by atoms with Crippen molar-refractivity contribution in [1.82, 2.24) is 15.5 Å². The zero-order valence-electron chi connectivity index (χ0n) is 21.6. The molecule has 37 heavy (non-hydrogen) atoms. The van der Waals surface area contributed by atoms with E-state index in [2.05, 4.69) is 34.6 Å². The molecule has 3 aromatic rings. The van der Waals surface area contributed by atoms with Crippen LogP contribution in [0.1, 0.15) is 36.1 Å². The Labute approximate surface area is 223 Å². The Bertz CT molecular complexity index is 1100. The predicted molar refractivity (Wildman–Crippen MR) is 148 cm³/mol. The Balaban J connectivity index is 0.000000468. The average molecular weight is 524 g/mol. The van der Waals surface area contributed by atoms with Crippen molar-refractivity contribution in [3.05, 3.63) is 95.6 Å². The Morgan fingerprint density at radius 1 is 1.05 bits per heavy atom. The van der Waals surface area contributed by atoms with E-state index in [9.17, 15) is 15.1 Å². The molecule has 3 aromatic carbocycles. The van der Waals surface area contributed by atoms with Crippen LogP contribution < -0.4 is 20.3 Å². The molecule has 1 amide bonds. The number of nitrogens with one attached hydrogen (secondary N) is 3. The molecule has 1 aliphatic carbocycles. The first kappa shape index (κ1) is 28.7. The molecule has 4 unspecified atom stereocenters. The third-order valence-electron chi connectivity index (χ3n) is 6.28. The number of hydrogen-bond acceptors (Lipinski definition) is 7. The molecule has 5 N–H and O–H groups in total. The van der Waals surface area contributed by atoms with E-state index < -0.39 is 6.10 Å². The number of benzene rings is 3. The summed E-state index contributed by atoms with van der Waals surface area (Å²) in [7, 11) is 1.63. The number of fused-ring (bicyclic) bond motifs is 1. The summed E-state index contributed by atoms with van der Waals surface area (Å²) in [4.78, 5) is 13.7. The monoisotopic (exact) mass is 523 g/mol. The lowest BCUT2D eigenvalue weighted by Crippen LogP contribution is -2.43. The minimum atomic E-state index is -0.654. The van der Waals surface area contributed by atoms with Gasteiger partial charge in [0.05, 0.1) is 25.3 Å². The molecule has 0 bridgehead atoms. The third kappa shape index (κ3) is 8.87. The molecule has 0 aliphatic heterocycles. The van der Waals surface area contributed by atoms with Gasteiger partial charge in [0.1, 0.15) is 5.75 Å². The normalized spacial score (nSPS) is 17.6. The lowest BCUT2D eigenvalue weighted by atomic mass is 10.0. The first-order chi connectivity index (χ1) is 17.9. The lowest BCUT2D eigenvalue weighted by molar-refractivity contribution is -0.126. The van der Waals surface area contributed by atoms with Crippen molar-refractivity contribution in [3.8, 4) is 5.75 Å². The number of aliphatic hydroxyl groups excluding tert-OH is 1. The minimum absolute atomic E-state index is 0.140. The Morgan fingerprint density at radius 2 is 1.73 bits per heavy atom. The summed E-state index contributed by atoms with van der Waals surface area (Å²) in [6.07, 6.45) is 0.341. The standard InChI is InChI=1S/C22H29N3O4S.C7H8/c1-14(11-16(26)13-23-30-18-9-7-17(29-2)8-10-18)22(27)24-21-19-6-4-3-5-15(19)12-20(21)25-28;1-7-5-3-2-4-6-7/h3-10,14,16,20-21,23,25-26,28H,11-13H2,1-2H3,(H,24,27);2-6H,1H3. The van der Waals surface area contributed by atoms with Gasteiger partial charge in [-0.3, -0.25) is 9.52 Å². The number of methoxy groups -OCH3 is 1. The summed E-state index contributed by atoms with van der Waals surface area (Å²) in [5.74, 6) is 0.293. The van der Waals surface area contributed by atoms with Crippen molar-refractivity contribution in [2.75, 3.05) is 13.7 Å². The Hall–Kier alpha value is -2.88. The molecular formula is C29H37N3O4S. The van der Waals surface area contributed by atoms with Crippen molar-refractivity contribution < 1.29 is 19.8 Å². The minimum Gasteiger partial charge on any atom is -0.497 e. The lowest BCUT2D eigenvalue weighted by Gasteiger charge is -2.23. The van der Waals surface area contributed by atoms with Gasteiger partial charge < -0.3 is 20.4 Å². The van der Waals surface area contributed by atoms with E-state index in [-0.39, 0.29) is 23.9 Å². The van der Waals surface area contributed by atoms with Gasteiger partial charge in [-0.25, -0.2) is 0 Å². The second kappa shape index (κ2) is 14.8. The van der Waals surface area contributed by atoms with E-state index >= 15 is 0 Å². The molecule has 7 nitrogen and oxygen atoms in total. The number of aryl methyl sites for hydroxylation is 1. The van der Waals surface area contributed by atoms with Gasteiger partial charge in [-0.15, -0.1) is 0 Å². The largest absolute Gasteiger partial charge is 0.497 e. The van der Waals surface area contributed by atoms with Gasteiger partial charge in [-0.2, -0.15) is 5.48 Å². The first-order valence-corrected chi connectivity index (χ1v) is 13.2. The highest BCUT2D eigenvalue weighted by molar-refractivity contribution is 7.97. The van der Waals surface area contributed by atoms with Gasteiger partial charge in [-0.05, 0) is 67.1 Å². The molecule has 0 radical (unpaired) electrons. The fraction of sp³-hybridized carbons (Fsp3) is 0.345. The van der Waals surface area contributed by atoms with Crippen LogP contribution in [0.2, 0.25) is 0 Å². The number of hydroxylamine groups is 1. The Kier molecular flexibility index (Phi) is 11.4. The van der Waals surface area contributed by atoms with Gasteiger partial charge in [-0.1, -0.05) is 67.1 Å². The number of carbonyl (C=O) groups excluding carboxylic acids is 1.